The average molecular weight is 369 g/mol. The first-order valence-electron chi connectivity index (χ1n) is 8.88. The quantitative estimate of drug-likeness (QED) is 0.737. The van der Waals surface area contributed by atoms with Crippen molar-refractivity contribution < 1.29 is 23.1 Å². The third-order valence-corrected chi connectivity index (χ3v) is 4.17. The van der Waals surface area contributed by atoms with Gasteiger partial charge in [0.15, 0.2) is 0 Å². The fourth-order valence-corrected chi connectivity index (χ4v) is 2.81. The van der Waals surface area contributed by atoms with Gasteiger partial charge in [-0.3, -0.25) is 9.59 Å². The van der Waals surface area contributed by atoms with Gasteiger partial charge in [-0.1, -0.05) is 6.42 Å². The summed E-state index contributed by atoms with van der Waals surface area (Å²) in [6.07, 6.45) is 3.51. The van der Waals surface area contributed by atoms with Crippen LogP contribution in [0.25, 0.3) is 0 Å². The van der Waals surface area contributed by atoms with Gasteiger partial charge in [0.25, 0.3) is 5.91 Å². The van der Waals surface area contributed by atoms with E-state index in [0.717, 1.165) is 32.0 Å². The summed E-state index contributed by atoms with van der Waals surface area (Å²) in [5.41, 5.74) is -0.561. The molecule has 0 saturated carbocycles. The topological polar surface area (TPSA) is 70.7 Å². The Balaban J connectivity index is 1.94. The van der Waals surface area contributed by atoms with Crippen molar-refractivity contribution in [3.8, 4) is 0 Å². The van der Waals surface area contributed by atoms with Crippen molar-refractivity contribution in [2.45, 2.75) is 26.2 Å². The molecule has 0 aromatic heterocycles. The van der Waals surface area contributed by atoms with Crippen LogP contribution in [0.15, 0.2) is 12.1 Å². The van der Waals surface area contributed by atoms with Crippen LogP contribution >= 0.6 is 0 Å². The molecule has 2 amide bonds. The molecule has 1 aliphatic rings. The number of carbonyl (C=O) groups excluding carboxylic acids is 2. The van der Waals surface area contributed by atoms with Crippen LogP contribution in [0.1, 0.15) is 36.5 Å². The number of hydrogen-bond acceptors (Lipinski definition) is 4. The summed E-state index contributed by atoms with van der Waals surface area (Å²) in [5, 5.41) is 4.92. The van der Waals surface area contributed by atoms with Gasteiger partial charge in [0, 0.05) is 25.8 Å². The Hall–Kier alpha value is -2.06. The van der Waals surface area contributed by atoms with Crippen molar-refractivity contribution in [1.29, 1.82) is 0 Å². The molecule has 0 bridgehead atoms. The molecule has 2 rings (SSSR count). The number of nitrogens with zero attached hydrogens (tertiary/aromatic N) is 1. The highest BCUT2D eigenvalue weighted by Gasteiger charge is 2.18. The van der Waals surface area contributed by atoms with Crippen LogP contribution in [0.3, 0.4) is 0 Å². The molecular formula is C18H25F2N3O3. The molecule has 0 spiro atoms. The molecular weight excluding hydrogens is 344 g/mol. The molecule has 0 atom stereocenters. The number of carbonyl (C=O) groups is 2. The second kappa shape index (κ2) is 10.2. The minimum atomic E-state index is -0.972. The summed E-state index contributed by atoms with van der Waals surface area (Å²) in [6, 6.07) is 1.60. The first-order valence-corrected chi connectivity index (χ1v) is 8.88. The zero-order chi connectivity index (χ0) is 18.9. The molecule has 8 heteroatoms. The van der Waals surface area contributed by atoms with Crippen molar-refractivity contribution in [3.63, 3.8) is 0 Å². The normalized spacial score (nSPS) is 14.9. The summed E-state index contributed by atoms with van der Waals surface area (Å²) in [4.78, 5) is 26.1. The summed E-state index contributed by atoms with van der Waals surface area (Å²) in [7, 11) is 0. The number of hydrogen-bond donors (Lipinski definition) is 2. The van der Waals surface area contributed by atoms with Gasteiger partial charge in [-0.25, -0.2) is 8.78 Å². The molecule has 0 radical (unpaired) electrons. The van der Waals surface area contributed by atoms with Crippen LogP contribution in [0, 0.1) is 11.6 Å². The van der Waals surface area contributed by atoms with Gasteiger partial charge < -0.3 is 20.3 Å². The van der Waals surface area contributed by atoms with Gasteiger partial charge in [0.2, 0.25) is 5.91 Å². The van der Waals surface area contributed by atoms with E-state index in [2.05, 4.69) is 15.5 Å². The van der Waals surface area contributed by atoms with E-state index < -0.39 is 23.4 Å². The summed E-state index contributed by atoms with van der Waals surface area (Å²) in [6.45, 7) is 4.87. The van der Waals surface area contributed by atoms with Crippen LogP contribution in [-0.2, 0) is 9.53 Å². The number of rotatable bonds is 8. The lowest BCUT2D eigenvalue weighted by Gasteiger charge is -2.26. The van der Waals surface area contributed by atoms with Crippen molar-refractivity contribution in [3.05, 3.63) is 29.3 Å². The van der Waals surface area contributed by atoms with E-state index in [0.29, 0.717) is 25.8 Å². The van der Waals surface area contributed by atoms with E-state index in [1.165, 1.54) is 6.42 Å². The maximum atomic E-state index is 14.0. The number of anilines is 1. The zero-order valence-electron chi connectivity index (χ0n) is 14.9. The van der Waals surface area contributed by atoms with Crippen LogP contribution in [0.5, 0.6) is 0 Å². The summed E-state index contributed by atoms with van der Waals surface area (Å²) in [5.74, 6) is -3.13. The van der Waals surface area contributed by atoms with Crippen molar-refractivity contribution in [2.24, 2.45) is 0 Å². The van der Waals surface area contributed by atoms with Crippen molar-refractivity contribution >= 4 is 17.5 Å². The van der Waals surface area contributed by atoms with E-state index >= 15 is 0 Å². The van der Waals surface area contributed by atoms with Crippen LogP contribution < -0.4 is 10.6 Å². The number of piperidine rings is 1. The molecule has 0 unspecified atom stereocenters. The maximum Gasteiger partial charge on any atom is 0.254 e. The Kier molecular flexibility index (Phi) is 7.93. The van der Waals surface area contributed by atoms with Crippen LogP contribution in [0.2, 0.25) is 0 Å². The molecule has 2 N–H and O–H groups in total. The second-order valence-electron chi connectivity index (χ2n) is 6.16. The standard InChI is InChI=1S/C18H25F2N3O3/c1-2-26-12-17(24)22-16-10-13(14(19)11-15(16)20)18(25)21-6-9-23-7-4-3-5-8-23/h10-11H,2-9,12H2,1H3,(H,21,25)(H,22,24). The fourth-order valence-electron chi connectivity index (χ4n) is 2.81. The Morgan fingerprint density at radius 3 is 2.58 bits per heavy atom. The van der Waals surface area contributed by atoms with Gasteiger partial charge in [0.1, 0.15) is 18.2 Å². The van der Waals surface area contributed by atoms with Crippen LogP contribution in [-0.4, -0.2) is 56.1 Å². The highest BCUT2D eigenvalue weighted by Crippen LogP contribution is 2.19. The second-order valence-corrected chi connectivity index (χ2v) is 6.16. The minimum absolute atomic E-state index is 0.245. The van der Waals surface area contributed by atoms with E-state index in [-0.39, 0.29) is 17.9 Å². The molecule has 0 aliphatic carbocycles. The van der Waals surface area contributed by atoms with Crippen molar-refractivity contribution in [2.75, 3.05) is 44.7 Å². The largest absolute Gasteiger partial charge is 0.372 e. The number of likely N-dealkylation sites (tertiary alicyclic amines) is 1. The average Bonchev–Trinajstić information content (AvgIpc) is 2.63. The summed E-state index contributed by atoms with van der Waals surface area (Å²) >= 11 is 0. The Bertz CT molecular complexity index is 634. The lowest BCUT2D eigenvalue weighted by atomic mass is 10.1. The minimum Gasteiger partial charge on any atom is -0.372 e. The molecule has 26 heavy (non-hydrogen) atoms. The third kappa shape index (κ3) is 6.03. The monoisotopic (exact) mass is 369 g/mol. The molecule has 1 aromatic carbocycles. The predicted octanol–water partition coefficient (Wildman–Crippen LogP) is 2.16. The Labute approximate surface area is 151 Å². The highest BCUT2D eigenvalue weighted by molar-refractivity contribution is 5.97. The third-order valence-electron chi connectivity index (χ3n) is 4.17. The van der Waals surface area contributed by atoms with E-state index in [9.17, 15) is 18.4 Å². The lowest BCUT2D eigenvalue weighted by Crippen LogP contribution is -2.37. The van der Waals surface area contributed by atoms with E-state index in [1.54, 1.807) is 6.92 Å². The first-order chi connectivity index (χ1) is 12.5. The van der Waals surface area contributed by atoms with Gasteiger partial charge >= 0.3 is 0 Å². The fraction of sp³-hybridized carbons (Fsp3) is 0.556. The van der Waals surface area contributed by atoms with Gasteiger partial charge in [-0.05, 0) is 38.9 Å². The van der Waals surface area contributed by atoms with Gasteiger partial charge in [-0.2, -0.15) is 0 Å². The molecule has 1 heterocycles. The Morgan fingerprint density at radius 1 is 1.15 bits per heavy atom. The number of nitrogens with one attached hydrogen (secondary N) is 2. The Morgan fingerprint density at radius 2 is 1.88 bits per heavy atom. The molecule has 144 valence electrons. The van der Waals surface area contributed by atoms with Gasteiger partial charge in [-0.15, -0.1) is 0 Å². The molecule has 1 fully saturated rings. The van der Waals surface area contributed by atoms with E-state index in [1.807, 2.05) is 0 Å². The SMILES string of the molecule is CCOCC(=O)Nc1cc(C(=O)NCCN2CCCCC2)c(F)cc1F. The smallest absolute Gasteiger partial charge is 0.254 e. The van der Waals surface area contributed by atoms with Crippen LogP contribution in [0.4, 0.5) is 14.5 Å². The first kappa shape index (κ1) is 20.3. The number of halogens is 2. The maximum absolute atomic E-state index is 14.0. The van der Waals surface area contributed by atoms with Crippen molar-refractivity contribution in [1.82, 2.24) is 10.2 Å². The molecule has 1 saturated heterocycles. The number of benzene rings is 1. The molecule has 6 nitrogen and oxygen atoms in total. The highest BCUT2D eigenvalue weighted by atomic mass is 19.1. The molecule has 1 aromatic rings. The zero-order valence-corrected chi connectivity index (χ0v) is 14.9. The number of amides is 2. The van der Waals surface area contributed by atoms with E-state index in [4.69, 9.17) is 4.74 Å². The predicted molar refractivity (Wildman–Crippen MR) is 94.1 cm³/mol. The molecule has 1 aliphatic heterocycles. The number of ether oxygens (including phenoxy) is 1. The van der Waals surface area contributed by atoms with Gasteiger partial charge in [0.05, 0.1) is 11.3 Å². The summed E-state index contributed by atoms with van der Waals surface area (Å²) < 4.78 is 32.7. The lowest BCUT2D eigenvalue weighted by molar-refractivity contribution is -0.120.